The number of fused-ring (bicyclic) bond motifs is 3. The number of aromatic nitrogens is 2. The van der Waals surface area contributed by atoms with E-state index in [0.717, 1.165) is 27.1 Å². The monoisotopic (exact) mass is 382 g/mol. The van der Waals surface area contributed by atoms with Crippen molar-refractivity contribution >= 4 is 27.6 Å². The lowest BCUT2D eigenvalue weighted by Crippen LogP contribution is -2.41. The van der Waals surface area contributed by atoms with Crippen LogP contribution in [0.1, 0.15) is 16.0 Å². The Labute approximate surface area is 161 Å². The van der Waals surface area contributed by atoms with Crippen molar-refractivity contribution in [3.63, 3.8) is 0 Å². The third kappa shape index (κ3) is 3.35. The van der Waals surface area contributed by atoms with Crippen LogP contribution in [0.25, 0.3) is 10.2 Å². The van der Waals surface area contributed by atoms with Gasteiger partial charge in [0.05, 0.1) is 18.3 Å². The van der Waals surface area contributed by atoms with Gasteiger partial charge in [0.25, 0.3) is 5.56 Å². The molecule has 27 heavy (non-hydrogen) atoms. The number of urea groups is 1. The first-order chi connectivity index (χ1) is 13.0. The normalized spacial score (nSPS) is 13.6. The molecule has 0 saturated carbocycles. The number of thiophene rings is 1. The summed E-state index contributed by atoms with van der Waals surface area (Å²) in [5.41, 5.74) is 2.31. The Kier molecular flexibility index (Phi) is 4.70. The summed E-state index contributed by atoms with van der Waals surface area (Å²) in [5.74, 6) is 0. The smallest absolute Gasteiger partial charge is 0.319 e. The number of carbonyl (C=O) groups is 1. The molecule has 1 aromatic carbocycles. The third-order valence-electron chi connectivity index (χ3n) is 4.96. The van der Waals surface area contributed by atoms with Gasteiger partial charge in [-0.3, -0.25) is 9.36 Å². The van der Waals surface area contributed by atoms with Gasteiger partial charge in [-0.1, -0.05) is 30.3 Å². The molecule has 0 atom stereocenters. The lowest BCUT2D eigenvalue weighted by molar-refractivity contribution is 0.166. The highest BCUT2D eigenvalue weighted by Gasteiger charge is 2.27. The van der Waals surface area contributed by atoms with E-state index in [4.69, 9.17) is 0 Å². The van der Waals surface area contributed by atoms with Gasteiger partial charge >= 0.3 is 6.03 Å². The zero-order chi connectivity index (χ0) is 19.0. The van der Waals surface area contributed by atoms with E-state index in [2.05, 4.69) is 17.1 Å². The lowest BCUT2D eigenvalue weighted by atomic mass is 10.1. The second-order valence-electron chi connectivity index (χ2n) is 7.01. The molecule has 7 heteroatoms. The quantitative estimate of drug-likeness (QED) is 0.700. The second kappa shape index (κ2) is 7.15. The zero-order valence-electron chi connectivity index (χ0n) is 15.5. The van der Waals surface area contributed by atoms with E-state index in [1.54, 1.807) is 29.9 Å². The van der Waals surface area contributed by atoms with E-state index >= 15 is 0 Å². The molecule has 0 fully saturated rings. The highest BCUT2D eigenvalue weighted by molar-refractivity contribution is 7.18. The highest BCUT2D eigenvalue weighted by atomic mass is 32.1. The molecule has 0 radical (unpaired) electrons. The fourth-order valence-corrected chi connectivity index (χ4v) is 4.71. The maximum atomic E-state index is 13.0. The summed E-state index contributed by atoms with van der Waals surface area (Å²) in [6.07, 6.45) is 3.15. The molecule has 2 aromatic heterocycles. The maximum Gasteiger partial charge on any atom is 0.319 e. The molecule has 0 spiro atoms. The Morgan fingerprint density at radius 2 is 2.04 bits per heavy atom. The molecule has 0 saturated heterocycles. The minimum absolute atomic E-state index is 0.00587. The van der Waals surface area contributed by atoms with Crippen molar-refractivity contribution in [3.05, 3.63) is 63.0 Å². The largest absolute Gasteiger partial charge is 0.331 e. The van der Waals surface area contributed by atoms with Crippen molar-refractivity contribution < 1.29 is 4.79 Å². The molecule has 3 aromatic rings. The van der Waals surface area contributed by atoms with Crippen LogP contribution in [0.4, 0.5) is 4.79 Å². The van der Waals surface area contributed by atoms with Gasteiger partial charge < -0.3 is 9.80 Å². The average molecular weight is 382 g/mol. The van der Waals surface area contributed by atoms with Crippen molar-refractivity contribution in [2.45, 2.75) is 25.9 Å². The first kappa shape index (κ1) is 17.7. The molecule has 2 amide bonds. The van der Waals surface area contributed by atoms with Crippen molar-refractivity contribution in [2.24, 2.45) is 0 Å². The predicted molar refractivity (Wildman–Crippen MR) is 107 cm³/mol. The average Bonchev–Trinajstić information content (AvgIpc) is 3.06. The fraction of sp³-hybridized carbons (Fsp3) is 0.350. The van der Waals surface area contributed by atoms with Gasteiger partial charge in [0.2, 0.25) is 0 Å². The van der Waals surface area contributed by atoms with Crippen LogP contribution in [0.3, 0.4) is 0 Å². The molecule has 1 aliphatic rings. The second-order valence-corrected chi connectivity index (χ2v) is 8.09. The molecule has 0 bridgehead atoms. The number of rotatable bonds is 3. The summed E-state index contributed by atoms with van der Waals surface area (Å²) in [7, 11) is 3.52. The summed E-state index contributed by atoms with van der Waals surface area (Å²) >= 11 is 1.53. The minimum atomic E-state index is 0.00587. The zero-order valence-corrected chi connectivity index (χ0v) is 16.3. The summed E-state index contributed by atoms with van der Waals surface area (Å²) in [4.78, 5) is 35.1. The van der Waals surface area contributed by atoms with E-state index in [1.807, 2.05) is 23.1 Å². The van der Waals surface area contributed by atoms with Gasteiger partial charge in [-0.25, -0.2) is 9.78 Å². The van der Waals surface area contributed by atoms with Crippen LogP contribution in [0.15, 0.2) is 41.5 Å². The summed E-state index contributed by atoms with van der Waals surface area (Å²) in [6, 6.07) is 10.2. The number of hydrogen-bond acceptors (Lipinski definition) is 4. The predicted octanol–water partition coefficient (Wildman–Crippen LogP) is 2.74. The van der Waals surface area contributed by atoms with Crippen LogP contribution in [0, 0.1) is 0 Å². The molecule has 1 aliphatic heterocycles. The minimum Gasteiger partial charge on any atom is -0.331 e. The Hall–Kier alpha value is -2.67. The molecule has 140 valence electrons. The summed E-state index contributed by atoms with van der Waals surface area (Å²) in [6.45, 7) is 1.80. The van der Waals surface area contributed by atoms with Gasteiger partial charge in [-0.05, 0) is 24.0 Å². The van der Waals surface area contributed by atoms with Crippen molar-refractivity contribution in [1.82, 2.24) is 19.4 Å². The Bertz CT molecular complexity index is 1040. The Morgan fingerprint density at radius 3 is 2.78 bits per heavy atom. The number of benzene rings is 1. The van der Waals surface area contributed by atoms with Gasteiger partial charge in [0.15, 0.2) is 0 Å². The van der Waals surface area contributed by atoms with Crippen LogP contribution in [0.5, 0.6) is 0 Å². The summed E-state index contributed by atoms with van der Waals surface area (Å²) < 4.78 is 1.71. The van der Waals surface area contributed by atoms with Crippen molar-refractivity contribution in [2.75, 3.05) is 20.6 Å². The molecule has 0 N–H and O–H groups in total. The van der Waals surface area contributed by atoms with Crippen LogP contribution in [0.2, 0.25) is 0 Å². The molecular formula is C20H22N4O2S. The van der Waals surface area contributed by atoms with E-state index in [0.29, 0.717) is 26.1 Å². The van der Waals surface area contributed by atoms with Crippen LogP contribution < -0.4 is 5.56 Å². The fourth-order valence-electron chi connectivity index (χ4n) is 3.52. The maximum absolute atomic E-state index is 13.0. The molecule has 4 rings (SSSR count). The van der Waals surface area contributed by atoms with E-state index in [1.165, 1.54) is 16.9 Å². The van der Waals surface area contributed by atoms with E-state index in [-0.39, 0.29) is 11.6 Å². The van der Waals surface area contributed by atoms with Crippen LogP contribution >= 0.6 is 11.3 Å². The first-order valence-electron chi connectivity index (χ1n) is 9.04. The third-order valence-corrected chi connectivity index (χ3v) is 6.09. The first-order valence-corrected chi connectivity index (χ1v) is 9.86. The number of aryl methyl sites for hydroxylation is 2. The lowest BCUT2D eigenvalue weighted by Gasteiger charge is -2.29. The van der Waals surface area contributed by atoms with E-state index < -0.39 is 0 Å². The molecular weight excluding hydrogens is 360 g/mol. The van der Waals surface area contributed by atoms with Crippen molar-refractivity contribution in [3.8, 4) is 0 Å². The number of hydrogen-bond donors (Lipinski definition) is 0. The molecule has 6 nitrogen and oxygen atoms in total. The topological polar surface area (TPSA) is 58.4 Å². The van der Waals surface area contributed by atoms with Gasteiger partial charge in [-0.15, -0.1) is 11.3 Å². The number of carbonyl (C=O) groups excluding carboxylic acids is 1. The van der Waals surface area contributed by atoms with Gasteiger partial charge in [0.1, 0.15) is 4.83 Å². The SMILES string of the molecule is CN(C)C(=O)N1CCc2c(sc3ncn(CCc4ccccc4)c(=O)c23)C1. The van der Waals surface area contributed by atoms with Crippen LogP contribution in [-0.2, 0) is 25.9 Å². The Morgan fingerprint density at radius 1 is 1.26 bits per heavy atom. The van der Waals surface area contributed by atoms with Gasteiger partial charge in [-0.2, -0.15) is 0 Å². The number of amides is 2. The highest BCUT2D eigenvalue weighted by Crippen LogP contribution is 2.32. The standard InChI is InChI=1S/C20H22N4O2S/c1-22(2)20(26)23-11-9-15-16(12-23)27-18-17(15)19(25)24(13-21-18)10-8-14-6-4-3-5-7-14/h3-7,13H,8-12H2,1-2H3. The number of nitrogens with zero attached hydrogens (tertiary/aromatic N) is 4. The Balaban J connectivity index is 1.63. The molecule has 3 heterocycles. The van der Waals surface area contributed by atoms with Crippen molar-refractivity contribution in [1.29, 1.82) is 0 Å². The molecule has 0 unspecified atom stereocenters. The van der Waals surface area contributed by atoms with Gasteiger partial charge in [0, 0.05) is 32.1 Å². The van der Waals surface area contributed by atoms with E-state index in [9.17, 15) is 9.59 Å². The summed E-state index contributed by atoms with van der Waals surface area (Å²) in [5, 5.41) is 0.738. The molecule has 0 aliphatic carbocycles. The van der Waals surface area contributed by atoms with Crippen LogP contribution in [-0.4, -0.2) is 46.0 Å².